The molecule has 30 heavy (non-hydrogen) atoms. The Hall–Kier alpha value is -2.74. The van der Waals surface area contributed by atoms with Crippen LogP contribution >= 0.6 is 11.3 Å². The van der Waals surface area contributed by atoms with Crippen LogP contribution in [0.15, 0.2) is 29.6 Å². The molecule has 0 spiro atoms. The molecule has 0 unspecified atom stereocenters. The van der Waals surface area contributed by atoms with Gasteiger partial charge in [-0.2, -0.15) is 0 Å². The molecule has 7 nitrogen and oxygen atoms in total. The lowest BCUT2D eigenvalue weighted by molar-refractivity contribution is -0.150. The minimum Gasteiger partial charge on any atom is -0.458 e. The van der Waals surface area contributed by atoms with E-state index in [1.54, 1.807) is 10.3 Å². The van der Waals surface area contributed by atoms with Crippen molar-refractivity contribution in [2.45, 2.75) is 59.1 Å². The number of rotatable bonds is 7. The molecule has 1 aromatic carbocycles. The van der Waals surface area contributed by atoms with Gasteiger partial charge in [-0.15, -0.1) is 11.3 Å². The number of anilines is 2. The maximum atomic E-state index is 12.6. The van der Waals surface area contributed by atoms with Gasteiger partial charge in [-0.3, -0.25) is 14.5 Å². The molecule has 2 amide bonds. The Labute approximate surface area is 180 Å². The van der Waals surface area contributed by atoms with Crippen molar-refractivity contribution in [3.8, 4) is 0 Å². The molecule has 2 aromatic rings. The summed E-state index contributed by atoms with van der Waals surface area (Å²) in [7, 11) is 0. The number of amides is 2. The van der Waals surface area contributed by atoms with Crippen molar-refractivity contribution in [2.75, 3.05) is 4.90 Å². The smallest absolute Gasteiger partial charge is 0.329 e. The van der Waals surface area contributed by atoms with E-state index in [9.17, 15) is 14.4 Å². The van der Waals surface area contributed by atoms with Gasteiger partial charge in [0.15, 0.2) is 5.13 Å². The monoisotopic (exact) mass is 429 g/mol. The number of esters is 1. The SMILES string of the molecule is CC(=O)N[C@H](C(=O)OCc1csc(N(C(C)=O)c2cccc(C)c2)n1)C1CCCC1. The van der Waals surface area contributed by atoms with E-state index < -0.39 is 12.0 Å². The van der Waals surface area contributed by atoms with Crippen molar-refractivity contribution in [1.82, 2.24) is 10.3 Å². The molecular weight excluding hydrogens is 402 g/mol. The Bertz CT molecular complexity index is 921. The van der Waals surface area contributed by atoms with Crippen molar-refractivity contribution in [1.29, 1.82) is 0 Å². The van der Waals surface area contributed by atoms with Crippen molar-refractivity contribution in [2.24, 2.45) is 5.92 Å². The number of nitrogens with one attached hydrogen (secondary N) is 1. The predicted octanol–water partition coefficient (Wildman–Crippen LogP) is 3.87. The van der Waals surface area contributed by atoms with Gasteiger partial charge < -0.3 is 10.1 Å². The first-order valence-electron chi connectivity index (χ1n) is 10.1. The first kappa shape index (κ1) is 22.0. The molecule has 1 aromatic heterocycles. The summed E-state index contributed by atoms with van der Waals surface area (Å²) in [6.45, 7) is 4.86. The number of hydrogen-bond donors (Lipinski definition) is 1. The van der Waals surface area contributed by atoms with Crippen LogP contribution < -0.4 is 10.2 Å². The highest BCUT2D eigenvalue weighted by Crippen LogP contribution is 2.30. The number of thiazole rings is 1. The van der Waals surface area contributed by atoms with Gasteiger partial charge in [-0.1, -0.05) is 25.0 Å². The molecule has 1 atom stereocenters. The Morgan fingerprint density at radius 1 is 1.27 bits per heavy atom. The highest BCUT2D eigenvalue weighted by molar-refractivity contribution is 7.14. The fourth-order valence-corrected chi connectivity index (χ4v) is 4.64. The zero-order valence-electron chi connectivity index (χ0n) is 17.5. The molecule has 0 radical (unpaired) electrons. The number of hydrogen-bond acceptors (Lipinski definition) is 6. The lowest BCUT2D eigenvalue weighted by Gasteiger charge is -2.22. The third-order valence-corrected chi connectivity index (χ3v) is 6.03. The Balaban J connectivity index is 1.68. The van der Waals surface area contributed by atoms with Gasteiger partial charge in [0, 0.05) is 19.2 Å². The number of aryl methyl sites for hydroxylation is 1. The summed E-state index contributed by atoms with van der Waals surface area (Å²) in [5, 5.41) is 5.04. The van der Waals surface area contributed by atoms with Crippen LogP contribution in [0.1, 0.15) is 50.8 Å². The van der Waals surface area contributed by atoms with Crippen LogP contribution in [0.3, 0.4) is 0 Å². The third kappa shape index (κ3) is 5.44. The standard InChI is InChI=1S/C22H27N3O4S/c1-14-7-6-10-19(11-14)25(16(3)27)22-24-18(13-30-22)12-29-21(28)20(23-15(2)26)17-8-4-5-9-17/h6-7,10-11,13,17,20H,4-5,8-9,12H2,1-3H3,(H,23,26)/t20-/m0/s1. The molecule has 0 saturated heterocycles. The summed E-state index contributed by atoms with van der Waals surface area (Å²) < 4.78 is 5.47. The molecule has 160 valence electrons. The van der Waals surface area contributed by atoms with Gasteiger partial charge in [0.05, 0.1) is 11.4 Å². The number of nitrogens with zero attached hydrogens (tertiary/aromatic N) is 2. The molecule has 1 N–H and O–H groups in total. The van der Waals surface area contributed by atoms with Gasteiger partial charge in [0.1, 0.15) is 12.6 Å². The topological polar surface area (TPSA) is 88.6 Å². The quantitative estimate of drug-likeness (QED) is 0.675. The molecule has 1 heterocycles. The molecule has 1 fully saturated rings. The molecule has 0 bridgehead atoms. The fourth-order valence-electron chi connectivity index (χ4n) is 3.77. The van der Waals surface area contributed by atoms with Gasteiger partial charge in [-0.05, 0) is 43.4 Å². The largest absolute Gasteiger partial charge is 0.458 e. The molecule has 1 aliphatic carbocycles. The predicted molar refractivity (Wildman–Crippen MR) is 115 cm³/mol. The average molecular weight is 430 g/mol. The minimum atomic E-state index is -0.621. The van der Waals surface area contributed by atoms with Crippen LogP contribution in [0.5, 0.6) is 0 Å². The van der Waals surface area contributed by atoms with Crippen molar-refractivity contribution in [3.05, 3.63) is 40.9 Å². The van der Waals surface area contributed by atoms with E-state index in [-0.39, 0.29) is 24.3 Å². The van der Waals surface area contributed by atoms with Crippen LogP contribution in [0.25, 0.3) is 0 Å². The Morgan fingerprint density at radius 2 is 2.00 bits per heavy atom. The number of aromatic nitrogens is 1. The second kappa shape index (κ2) is 9.84. The second-order valence-electron chi connectivity index (χ2n) is 7.65. The number of ether oxygens (including phenoxy) is 1. The van der Waals surface area contributed by atoms with Crippen molar-refractivity contribution >= 4 is 39.9 Å². The second-order valence-corrected chi connectivity index (χ2v) is 8.48. The van der Waals surface area contributed by atoms with E-state index in [1.165, 1.54) is 25.2 Å². The number of benzene rings is 1. The number of carbonyl (C=O) groups is 3. The van der Waals surface area contributed by atoms with Gasteiger partial charge in [-0.25, -0.2) is 9.78 Å². The van der Waals surface area contributed by atoms with Crippen molar-refractivity contribution < 1.29 is 19.1 Å². The zero-order chi connectivity index (χ0) is 21.7. The summed E-state index contributed by atoms with van der Waals surface area (Å²) in [6.07, 6.45) is 3.93. The van der Waals surface area contributed by atoms with E-state index >= 15 is 0 Å². The van der Waals surface area contributed by atoms with Gasteiger partial charge in [0.25, 0.3) is 0 Å². The minimum absolute atomic E-state index is 0.00228. The molecule has 1 saturated carbocycles. The molecule has 8 heteroatoms. The van der Waals surface area contributed by atoms with Crippen LogP contribution in [-0.4, -0.2) is 28.8 Å². The van der Waals surface area contributed by atoms with Gasteiger partial charge >= 0.3 is 5.97 Å². The highest BCUT2D eigenvalue weighted by atomic mass is 32.1. The molecule has 1 aliphatic rings. The van der Waals surface area contributed by atoms with Crippen LogP contribution in [0.2, 0.25) is 0 Å². The maximum Gasteiger partial charge on any atom is 0.329 e. The highest BCUT2D eigenvalue weighted by Gasteiger charge is 2.32. The summed E-state index contributed by atoms with van der Waals surface area (Å²) >= 11 is 1.32. The van der Waals surface area contributed by atoms with E-state index in [2.05, 4.69) is 10.3 Å². The van der Waals surface area contributed by atoms with Crippen LogP contribution in [-0.2, 0) is 25.7 Å². The Morgan fingerprint density at radius 3 is 2.63 bits per heavy atom. The third-order valence-electron chi connectivity index (χ3n) is 5.15. The van der Waals surface area contributed by atoms with E-state index in [1.807, 2.05) is 31.2 Å². The molecular formula is C22H27N3O4S. The first-order chi connectivity index (χ1) is 14.3. The van der Waals surface area contributed by atoms with Crippen LogP contribution in [0.4, 0.5) is 10.8 Å². The van der Waals surface area contributed by atoms with Gasteiger partial charge in [0.2, 0.25) is 11.8 Å². The average Bonchev–Trinajstić information content (AvgIpc) is 3.36. The molecule has 0 aliphatic heterocycles. The lowest BCUT2D eigenvalue weighted by Crippen LogP contribution is -2.45. The van der Waals surface area contributed by atoms with E-state index in [4.69, 9.17) is 4.74 Å². The summed E-state index contributed by atoms with van der Waals surface area (Å²) in [5.41, 5.74) is 2.35. The normalized spacial score (nSPS) is 14.9. The summed E-state index contributed by atoms with van der Waals surface area (Å²) in [6, 6.07) is 7.01. The zero-order valence-corrected chi connectivity index (χ0v) is 18.3. The number of carbonyl (C=O) groups excluding carboxylic acids is 3. The van der Waals surface area contributed by atoms with E-state index in [0.29, 0.717) is 10.8 Å². The van der Waals surface area contributed by atoms with Crippen LogP contribution in [0, 0.1) is 12.8 Å². The first-order valence-corrected chi connectivity index (χ1v) is 11.0. The summed E-state index contributed by atoms with van der Waals surface area (Å²) in [5.74, 6) is -0.712. The fraction of sp³-hybridized carbons (Fsp3) is 0.455. The lowest BCUT2D eigenvalue weighted by atomic mass is 9.98. The maximum absolute atomic E-state index is 12.6. The Kier molecular flexibility index (Phi) is 7.20. The molecule has 3 rings (SSSR count). The summed E-state index contributed by atoms with van der Waals surface area (Å²) in [4.78, 5) is 42.4. The van der Waals surface area contributed by atoms with Crippen molar-refractivity contribution in [3.63, 3.8) is 0 Å². The van der Waals surface area contributed by atoms with E-state index in [0.717, 1.165) is 36.9 Å².